The Hall–Kier alpha value is 1.27. The van der Waals surface area contributed by atoms with Gasteiger partial charge < -0.3 is 4.89 Å². The molecule has 0 atom stereocenters. The van der Waals surface area contributed by atoms with Crippen molar-refractivity contribution in [3.63, 3.8) is 0 Å². The van der Waals surface area contributed by atoms with Crippen molar-refractivity contribution in [3.05, 3.63) is 0 Å². The smallest absolute Gasteiger partial charge is 0.302 e. The summed E-state index contributed by atoms with van der Waals surface area (Å²) in [6, 6.07) is 0. The Kier molecular flexibility index (Phi) is 7.35. The fourth-order valence-corrected chi connectivity index (χ4v) is 1.69. The predicted molar refractivity (Wildman–Crippen MR) is 52.7 cm³/mol. The van der Waals surface area contributed by atoms with E-state index in [9.17, 15) is 4.57 Å². The van der Waals surface area contributed by atoms with E-state index >= 15 is 0 Å². The van der Waals surface area contributed by atoms with Crippen LogP contribution in [0.1, 0.15) is 0 Å². The second kappa shape index (κ2) is 6.70. The molecular weight excluding hydrogens is 285 g/mol. The van der Waals surface area contributed by atoms with E-state index < -0.39 is 17.5 Å². The first-order valence-corrected chi connectivity index (χ1v) is 6.26. The number of halogens is 4. The van der Waals surface area contributed by atoms with Gasteiger partial charge in [-0.05, 0) is 0 Å². The molecule has 4 nitrogen and oxygen atoms in total. The van der Waals surface area contributed by atoms with Gasteiger partial charge in [-0.3, -0.25) is 9.05 Å². The Balaban J connectivity index is 3.74. The van der Waals surface area contributed by atoms with E-state index in [0.29, 0.717) is 0 Å². The summed E-state index contributed by atoms with van der Waals surface area (Å²) in [5.41, 5.74) is 0. The van der Waals surface area contributed by atoms with Gasteiger partial charge in [-0.15, -0.1) is 46.4 Å². The van der Waals surface area contributed by atoms with Crippen LogP contribution in [0.25, 0.3) is 0 Å². The third-order valence-electron chi connectivity index (χ3n) is 0.727. The van der Waals surface area contributed by atoms with Gasteiger partial charge in [-0.2, -0.15) is 0 Å². The predicted octanol–water partition coefficient (Wildman–Crippen LogP) is 2.73. The number of hydrogen-bond donors (Lipinski definition) is 1. The molecule has 0 rings (SSSR count). The molecule has 0 amide bonds. The van der Waals surface area contributed by atoms with E-state index in [0.717, 1.165) is 0 Å². The second-order valence-corrected chi connectivity index (χ2v) is 5.85. The topological polar surface area (TPSA) is 55.8 Å². The Morgan fingerprint density at radius 1 is 1.08 bits per heavy atom. The Bertz CT molecular complexity index is 171. The highest BCUT2D eigenvalue weighted by molar-refractivity contribution is 7.47. The summed E-state index contributed by atoms with van der Waals surface area (Å²) in [7, 11) is -4.14. The SMILES string of the molecule is O=P(O)(OCC(Cl)Cl)OCC(Cl)Cl. The van der Waals surface area contributed by atoms with E-state index in [2.05, 4.69) is 9.05 Å². The summed E-state index contributed by atoms with van der Waals surface area (Å²) in [4.78, 5) is 7.10. The van der Waals surface area contributed by atoms with Crippen molar-refractivity contribution in [2.45, 2.75) is 9.67 Å². The molecule has 0 aliphatic carbocycles. The van der Waals surface area contributed by atoms with Gasteiger partial charge in [0.05, 0.1) is 13.2 Å². The number of alkyl halides is 4. The number of phosphoric acid groups is 1. The monoisotopic (exact) mass is 290 g/mol. The lowest BCUT2D eigenvalue weighted by atomic mass is 10.9. The molecule has 9 heteroatoms. The Morgan fingerprint density at radius 3 is 1.62 bits per heavy atom. The number of phosphoric ester groups is 1. The highest BCUT2D eigenvalue weighted by atomic mass is 35.5. The average molecular weight is 292 g/mol. The standard InChI is InChI=1S/C4H7Cl4O4P/c5-3(6)1-11-13(9,10)12-2-4(7)8/h3-4H,1-2H2,(H,9,10). The quantitative estimate of drug-likeness (QED) is 0.604. The van der Waals surface area contributed by atoms with Gasteiger partial charge in [-0.1, -0.05) is 0 Å². The molecule has 1 N–H and O–H groups in total. The molecular formula is C4H7Cl4O4P. The molecule has 80 valence electrons. The molecule has 0 bridgehead atoms. The third kappa shape index (κ3) is 9.57. The maximum Gasteiger partial charge on any atom is 0.472 e. The summed E-state index contributed by atoms with van der Waals surface area (Å²) in [5.74, 6) is 0. The van der Waals surface area contributed by atoms with Gasteiger partial charge in [0.25, 0.3) is 0 Å². The van der Waals surface area contributed by atoms with Gasteiger partial charge in [0.15, 0.2) is 0 Å². The van der Waals surface area contributed by atoms with Crippen LogP contribution in [0.5, 0.6) is 0 Å². The van der Waals surface area contributed by atoms with Crippen molar-refractivity contribution < 1.29 is 18.5 Å². The molecule has 0 aliphatic heterocycles. The minimum Gasteiger partial charge on any atom is -0.302 e. The summed E-state index contributed by atoms with van der Waals surface area (Å²) < 4.78 is 19.6. The van der Waals surface area contributed by atoms with Crippen molar-refractivity contribution in [3.8, 4) is 0 Å². The highest BCUT2D eigenvalue weighted by Gasteiger charge is 2.23. The first-order chi connectivity index (χ1) is 5.83. The molecule has 0 aromatic carbocycles. The van der Waals surface area contributed by atoms with Crippen LogP contribution in [0.4, 0.5) is 0 Å². The van der Waals surface area contributed by atoms with Crippen molar-refractivity contribution in [1.82, 2.24) is 0 Å². The molecule has 0 aromatic heterocycles. The Labute approximate surface area is 95.6 Å². The molecule has 0 saturated heterocycles. The normalized spacial score (nSPS) is 12.8. The van der Waals surface area contributed by atoms with Crippen LogP contribution in [-0.4, -0.2) is 27.8 Å². The van der Waals surface area contributed by atoms with Crippen LogP contribution in [0.15, 0.2) is 0 Å². The zero-order valence-electron chi connectivity index (χ0n) is 6.20. The van der Waals surface area contributed by atoms with E-state index in [4.69, 9.17) is 51.3 Å². The maximum absolute atomic E-state index is 10.9. The highest BCUT2D eigenvalue weighted by Crippen LogP contribution is 2.44. The van der Waals surface area contributed by atoms with Crippen LogP contribution < -0.4 is 0 Å². The van der Waals surface area contributed by atoms with Crippen LogP contribution in [0, 0.1) is 0 Å². The average Bonchev–Trinajstić information content (AvgIpc) is 1.98. The fourth-order valence-electron chi connectivity index (χ4n) is 0.338. The molecule has 0 saturated carbocycles. The van der Waals surface area contributed by atoms with Crippen molar-refractivity contribution >= 4 is 54.2 Å². The third-order valence-corrected chi connectivity index (χ3v) is 2.18. The van der Waals surface area contributed by atoms with E-state index in [1.165, 1.54) is 0 Å². The minimum absolute atomic E-state index is 0.313. The van der Waals surface area contributed by atoms with Crippen molar-refractivity contribution in [2.24, 2.45) is 0 Å². The zero-order chi connectivity index (χ0) is 10.5. The molecule has 0 heterocycles. The molecule has 0 aliphatic rings. The van der Waals surface area contributed by atoms with E-state index in [-0.39, 0.29) is 13.2 Å². The fraction of sp³-hybridized carbons (Fsp3) is 1.00. The molecule has 0 unspecified atom stereocenters. The molecule has 13 heavy (non-hydrogen) atoms. The molecule has 0 spiro atoms. The lowest BCUT2D eigenvalue weighted by molar-refractivity contribution is 0.158. The number of rotatable bonds is 6. The van der Waals surface area contributed by atoms with Crippen molar-refractivity contribution in [1.29, 1.82) is 0 Å². The summed E-state index contributed by atoms with van der Waals surface area (Å²) in [6.07, 6.45) is 0. The summed E-state index contributed by atoms with van der Waals surface area (Å²) in [6.45, 7) is -0.627. The van der Waals surface area contributed by atoms with Gasteiger partial charge in [0.2, 0.25) is 0 Å². The lowest BCUT2D eigenvalue weighted by Crippen LogP contribution is -2.06. The van der Waals surface area contributed by atoms with Crippen molar-refractivity contribution in [2.75, 3.05) is 13.2 Å². The maximum atomic E-state index is 10.9. The van der Waals surface area contributed by atoms with Crippen LogP contribution in [0.2, 0.25) is 0 Å². The summed E-state index contributed by atoms with van der Waals surface area (Å²) >= 11 is 21.0. The molecule has 0 aromatic rings. The van der Waals surface area contributed by atoms with E-state index in [1.807, 2.05) is 0 Å². The van der Waals surface area contributed by atoms with Crippen LogP contribution in [-0.2, 0) is 13.6 Å². The first-order valence-electron chi connectivity index (χ1n) is 3.01. The van der Waals surface area contributed by atoms with Gasteiger partial charge in [0.1, 0.15) is 9.67 Å². The number of hydrogen-bond acceptors (Lipinski definition) is 3. The van der Waals surface area contributed by atoms with Crippen LogP contribution >= 0.6 is 54.2 Å². The minimum atomic E-state index is -4.14. The second-order valence-electron chi connectivity index (χ2n) is 1.84. The zero-order valence-corrected chi connectivity index (χ0v) is 10.1. The first kappa shape index (κ1) is 14.3. The molecule has 0 fully saturated rings. The lowest BCUT2D eigenvalue weighted by Gasteiger charge is -2.12. The van der Waals surface area contributed by atoms with Gasteiger partial charge in [-0.25, -0.2) is 4.57 Å². The van der Waals surface area contributed by atoms with Gasteiger partial charge >= 0.3 is 7.82 Å². The summed E-state index contributed by atoms with van der Waals surface area (Å²) in [5, 5.41) is 0. The largest absolute Gasteiger partial charge is 0.472 e. The Morgan fingerprint density at radius 2 is 1.38 bits per heavy atom. The van der Waals surface area contributed by atoms with E-state index in [1.54, 1.807) is 0 Å². The van der Waals surface area contributed by atoms with Gasteiger partial charge in [0, 0.05) is 0 Å². The van der Waals surface area contributed by atoms with Crippen LogP contribution in [0.3, 0.4) is 0 Å². The molecule has 0 radical (unpaired) electrons.